The Kier molecular flexibility index (Phi) is 1.83. The number of aryl methyl sites for hydroxylation is 1. The smallest absolute Gasteiger partial charge is 0.195 e. The maximum Gasteiger partial charge on any atom is 0.195 e. The molecule has 1 aromatic heterocycles. The number of aromatic nitrogens is 1. The van der Waals surface area contributed by atoms with Gasteiger partial charge in [0.05, 0.1) is 0 Å². The van der Waals surface area contributed by atoms with Crippen molar-refractivity contribution in [3.63, 3.8) is 0 Å². The van der Waals surface area contributed by atoms with E-state index in [0.717, 1.165) is 42.7 Å². The topological polar surface area (TPSA) is 52.0 Å². The molecule has 1 aromatic carbocycles. The fourth-order valence-corrected chi connectivity index (χ4v) is 1.79. The van der Waals surface area contributed by atoms with E-state index in [0.29, 0.717) is 0 Å². The third-order valence-corrected chi connectivity index (χ3v) is 3.07. The number of benzene rings is 1. The van der Waals surface area contributed by atoms with Crippen LogP contribution in [0.4, 0.5) is 0 Å². The first-order chi connectivity index (χ1) is 7.25. The monoisotopic (exact) mass is 202 g/mol. The Bertz CT molecular complexity index is 452. The SMILES string of the molecule is NC1(CCc2nc3ccccc3o2)CC1. The predicted octanol–water partition coefficient (Wildman–Crippen LogP) is 2.25. The summed E-state index contributed by atoms with van der Waals surface area (Å²) >= 11 is 0. The number of hydrogen-bond donors (Lipinski definition) is 1. The molecule has 1 aliphatic rings. The summed E-state index contributed by atoms with van der Waals surface area (Å²) in [4.78, 5) is 4.42. The zero-order valence-electron chi connectivity index (χ0n) is 8.57. The van der Waals surface area contributed by atoms with E-state index in [4.69, 9.17) is 10.2 Å². The molecular weight excluding hydrogens is 188 g/mol. The first-order valence-corrected chi connectivity index (χ1v) is 5.39. The van der Waals surface area contributed by atoms with Crippen LogP contribution in [0.25, 0.3) is 11.1 Å². The summed E-state index contributed by atoms with van der Waals surface area (Å²) in [5.41, 5.74) is 7.91. The Morgan fingerprint density at radius 2 is 2.13 bits per heavy atom. The average molecular weight is 202 g/mol. The van der Waals surface area contributed by atoms with E-state index in [1.165, 1.54) is 0 Å². The van der Waals surface area contributed by atoms with E-state index in [2.05, 4.69) is 4.98 Å². The van der Waals surface area contributed by atoms with Crippen molar-refractivity contribution in [1.82, 2.24) is 4.98 Å². The van der Waals surface area contributed by atoms with Gasteiger partial charge in [-0.25, -0.2) is 4.98 Å². The lowest BCUT2D eigenvalue weighted by Crippen LogP contribution is -2.22. The number of nitrogens with two attached hydrogens (primary N) is 1. The first-order valence-electron chi connectivity index (χ1n) is 5.39. The van der Waals surface area contributed by atoms with Crippen LogP contribution in [-0.4, -0.2) is 10.5 Å². The normalized spacial score (nSPS) is 18.2. The Labute approximate surface area is 88.3 Å². The summed E-state index contributed by atoms with van der Waals surface area (Å²) in [7, 11) is 0. The molecule has 1 heterocycles. The minimum absolute atomic E-state index is 0.0840. The average Bonchev–Trinajstić information content (AvgIpc) is 2.83. The van der Waals surface area contributed by atoms with E-state index in [-0.39, 0.29) is 5.54 Å². The number of oxazole rings is 1. The molecule has 3 nitrogen and oxygen atoms in total. The van der Waals surface area contributed by atoms with Gasteiger partial charge in [-0.15, -0.1) is 0 Å². The molecule has 1 fully saturated rings. The van der Waals surface area contributed by atoms with Crippen LogP contribution in [0.1, 0.15) is 25.2 Å². The standard InChI is InChI=1S/C12H14N2O/c13-12(7-8-12)6-5-11-14-9-3-1-2-4-10(9)15-11/h1-4H,5-8,13H2. The number of fused-ring (bicyclic) bond motifs is 1. The van der Waals surface area contributed by atoms with Crippen LogP contribution in [0.2, 0.25) is 0 Å². The third-order valence-electron chi connectivity index (χ3n) is 3.07. The van der Waals surface area contributed by atoms with Crippen LogP contribution in [0.5, 0.6) is 0 Å². The maximum absolute atomic E-state index is 6.02. The molecule has 1 aliphatic carbocycles. The van der Waals surface area contributed by atoms with Crippen molar-refractivity contribution < 1.29 is 4.42 Å². The fourth-order valence-electron chi connectivity index (χ4n) is 1.79. The van der Waals surface area contributed by atoms with Gasteiger partial charge in [0.2, 0.25) is 0 Å². The van der Waals surface area contributed by atoms with Crippen LogP contribution in [0.15, 0.2) is 28.7 Å². The second kappa shape index (κ2) is 3.07. The van der Waals surface area contributed by atoms with Gasteiger partial charge in [0.15, 0.2) is 11.5 Å². The molecular formula is C12H14N2O. The zero-order valence-corrected chi connectivity index (χ0v) is 8.57. The molecule has 15 heavy (non-hydrogen) atoms. The van der Waals surface area contributed by atoms with E-state index in [9.17, 15) is 0 Å². The highest BCUT2D eigenvalue weighted by Gasteiger charge is 2.37. The van der Waals surface area contributed by atoms with Gasteiger partial charge in [-0.1, -0.05) is 12.1 Å². The van der Waals surface area contributed by atoms with Gasteiger partial charge in [-0.05, 0) is 31.4 Å². The van der Waals surface area contributed by atoms with Crippen molar-refractivity contribution in [2.24, 2.45) is 5.73 Å². The van der Waals surface area contributed by atoms with Gasteiger partial charge in [0, 0.05) is 12.0 Å². The molecule has 0 bridgehead atoms. The second-order valence-corrected chi connectivity index (χ2v) is 4.44. The van der Waals surface area contributed by atoms with Crippen molar-refractivity contribution in [3.8, 4) is 0 Å². The molecule has 0 radical (unpaired) electrons. The Morgan fingerprint density at radius 3 is 2.87 bits per heavy atom. The van der Waals surface area contributed by atoms with Gasteiger partial charge in [-0.3, -0.25) is 0 Å². The maximum atomic E-state index is 6.02. The number of rotatable bonds is 3. The lowest BCUT2D eigenvalue weighted by Gasteiger charge is -2.04. The van der Waals surface area contributed by atoms with Crippen molar-refractivity contribution in [2.45, 2.75) is 31.2 Å². The molecule has 78 valence electrons. The molecule has 3 heteroatoms. The fraction of sp³-hybridized carbons (Fsp3) is 0.417. The molecule has 1 saturated carbocycles. The van der Waals surface area contributed by atoms with Crippen molar-refractivity contribution in [1.29, 1.82) is 0 Å². The quantitative estimate of drug-likeness (QED) is 0.830. The van der Waals surface area contributed by atoms with Crippen molar-refractivity contribution in [3.05, 3.63) is 30.2 Å². The van der Waals surface area contributed by atoms with Crippen molar-refractivity contribution >= 4 is 11.1 Å². The molecule has 0 amide bonds. The van der Waals surface area contributed by atoms with E-state index >= 15 is 0 Å². The largest absolute Gasteiger partial charge is 0.441 e. The summed E-state index contributed by atoms with van der Waals surface area (Å²) < 4.78 is 5.62. The zero-order chi connectivity index (χ0) is 10.3. The Hall–Kier alpha value is -1.35. The Balaban J connectivity index is 1.79. The van der Waals surface area contributed by atoms with E-state index < -0.39 is 0 Å². The molecule has 0 unspecified atom stereocenters. The van der Waals surface area contributed by atoms with E-state index in [1.54, 1.807) is 0 Å². The summed E-state index contributed by atoms with van der Waals surface area (Å²) in [6, 6.07) is 7.85. The van der Waals surface area contributed by atoms with Crippen LogP contribution in [0.3, 0.4) is 0 Å². The van der Waals surface area contributed by atoms with Crippen LogP contribution < -0.4 is 5.73 Å². The van der Waals surface area contributed by atoms with E-state index in [1.807, 2.05) is 24.3 Å². The first kappa shape index (κ1) is 8.92. The summed E-state index contributed by atoms with van der Waals surface area (Å²) in [5.74, 6) is 0.813. The highest BCUT2D eigenvalue weighted by Crippen LogP contribution is 2.36. The molecule has 2 aromatic rings. The highest BCUT2D eigenvalue weighted by atomic mass is 16.3. The summed E-state index contributed by atoms with van der Waals surface area (Å²) in [5, 5.41) is 0. The summed E-state index contributed by atoms with van der Waals surface area (Å²) in [6.07, 6.45) is 4.13. The van der Waals surface area contributed by atoms with Gasteiger partial charge in [-0.2, -0.15) is 0 Å². The number of nitrogens with zero attached hydrogens (tertiary/aromatic N) is 1. The molecule has 0 saturated heterocycles. The van der Waals surface area contributed by atoms with Gasteiger partial charge >= 0.3 is 0 Å². The summed E-state index contributed by atoms with van der Waals surface area (Å²) in [6.45, 7) is 0. The number of hydrogen-bond acceptors (Lipinski definition) is 3. The van der Waals surface area contributed by atoms with Crippen LogP contribution >= 0.6 is 0 Å². The molecule has 0 spiro atoms. The molecule has 2 N–H and O–H groups in total. The van der Waals surface area contributed by atoms with Crippen molar-refractivity contribution in [2.75, 3.05) is 0 Å². The Morgan fingerprint density at radius 1 is 1.33 bits per heavy atom. The highest BCUT2D eigenvalue weighted by molar-refractivity contribution is 5.72. The molecule has 0 atom stereocenters. The predicted molar refractivity (Wildman–Crippen MR) is 58.5 cm³/mol. The minimum Gasteiger partial charge on any atom is -0.441 e. The minimum atomic E-state index is 0.0840. The number of para-hydroxylation sites is 2. The third kappa shape index (κ3) is 1.75. The lowest BCUT2D eigenvalue weighted by atomic mass is 10.1. The van der Waals surface area contributed by atoms with Crippen LogP contribution in [0, 0.1) is 0 Å². The second-order valence-electron chi connectivity index (χ2n) is 4.44. The van der Waals surface area contributed by atoms with Crippen LogP contribution in [-0.2, 0) is 6.42 Å². The van der Waals surface area contributed by atoms with Gasteiger partial charge < -0.3 is 10.2 Å². The molecule has 0 aliphatic heterocycles. The lowest BCUT2D eigenvalue weighted by molar-refractivity contribution is 0.491. The molecule has 3 rings (SSSR count). The van der Waals surface area contributed by atoms with Gasteiger partial charge in [0.1, 0.15) is 5.52 Å². The van der Waals surface area contributed by atoms with Gasteiger partial charge in [0.25, 0.3) is 0 Å².